The molecule has 4 aliphatic heterocycles. The van der Waals surface area contributed by atoms with Crippen LogP contribution in [0, 0.1) is 18.6 Å². The predicted molar refractivity (Wildman–Crippen MR) is 159 cm³/mol. The Kier molecular flexibility index (Phi) is 6.05. The average molecular weight is 572 g/mol. The molecule has 0 aliphatic carbocycles. The first kappa shape index (κ1) is 26.1. The summed E-state index contributed by atoms with van der Waals surface area (Å²) in [6, 6.07) is 10.8. The number of benzene rings is 3. The Balaban J connectivity index is 1.29. The van der Waals surface area contributed by atoms with Gasteiger partial charge >= 0.3 is 6.01 Å². The molecule has 4 fully saturated rings. The number of nitrogens with zero attached hydrogens (tertiary/aromatic N) is 4. The largest absolute Gasteiger partial charge is 0.508 e. The van der Waals surface area contributed by atoms with E-state index >= 15 is 8.78 Å². The van der Waals surface area contributed by atoms with Crippen molar-refractivity contribution in [1.82, 2.24) is 20.2 Å². The third kappa shape index (κ3) is 4.12. The molecule has 42 heavy (non-hydrogen) atoms. The molecular weight excluding hydrogens is 536 g/mol. The van der Waals surface area contributed by atoms with Crippen LogP contribution in [-0.4, -0.2) is 70.4 Å². The lowest BCUT2D eigenvalue weighted by molar-refractivity contribution is 0.108. The Morgan fingerprint density at radius 2 is 1.81 bits per heavy atom. The molecule has 0 amide bonds. The fraction of sp³-hybridized carbons (Fsp3) is 0.455. The third-order valence-electron chi connectivity index (χ3n) is 10.1. The summed E-state index contributed by atoms with van der Waals surface area (Å²) in [5.41, 5.74) is 0.979. The van der Waals surface area contributed by atoms with Gasteiger partial charge in [0.05, 0.1) is 11.1 Å². The average Bonchev–Trinajstić information content (AvgIpc) is 3.65. The molecule has 9 heteroatoms. The Hall–Kier alpha value is -3.56. The highest BCUT2D eigenvalue weighted by Gasteiger charge is 2.45. The number of halogens is 2. The maximum atomic E-state index is 16.7. The smallest absolute Gasteiger partial charge is 0.319 e. The normalized spacial score (nSPS) is 23.3. The van der Waals surface area contributed by atoms with Crippen LogP contribution in [-0.2, 0) is 0 Å². The van der Waals surface area contributed by atoms with Crippen LogP contribution in [0.4, 0.5) is 14.6 Å². The lowest BCUT2D eigenvalue weighted by Gasteiger charge is -2.34. The zero-order valence-corrected chi connectivity index (χ0v) is 23.8. The number of aromatic hydroxyl groups is 1. The maximum absolute atomic E-state index is 16.7. The number of rotatable bonds is 5. The maximum Gasteiger partial charge on any atom is 0.319 e. The SMILES string of the molecule is Cc1cccc2cc(O)cc(-c3c(F)cc4c(N5C[C@H]6CC[C@@H](C5)N6)nc(OCC56CCCN5CCC6)nc4c3F)c12. The van der Waals surface area contributed by atoms with Gasteiger partial charge in [-0.25, -0.2) is 8.78 Å². The number of piperazine rings is 1. The summed E-state index contributed by atoms with van der Waals surface area (Å²) in [5.74, 6) is -1.02. The number of phenols is 1. The van der Waals surface area contributed by atoms with E-state index in [1.54, 1.807) is 6.07 Å². The van der Waals surface area contributed by atoms with Crippen LogP contribution < -0.4 is 15.0 Å². The van der Waals surface area contributed by atoms with E-state index in [1.807, 2.05) is 25.1 Å². The van der Waals surface area contributed by atoms with Crippen LogP contribution in [0.1, 0.15) is 44.1 Å². The van der Waals surface area contributed by atoms with E-state index in [-0.39, 0.29) is 28.4 Å². The second-order valence-electron chi connectivity index (χ2n) is 12.7. The van der Waals surface area contributed by atoms with E-state index in [4.69, 9.17) is 9.72 Å². The van der Waals surface area contributed by atoms with Gasteiger partial charge in [0, 0.05) is 30.6 Å². The van der Waals surface area contributed by atoms with E-state index in [9.17, 15) is 5.11 Å². The minimum atomic E-state index is -0.770. The second-order valence-corrected chi connectivity index (χ2v) is 12.7. The lowest BCUT2D eigenvalue weighted by atomic mass is 9.93. The first-order valence-electron chi connectivity index (χ1n) is 15.2. The standard InChI is InChI=1S/C33H35F2N5O2/c1-19-5-2-6-20-13-23(41)14-24(27(19)20)28-26(34)15-25-30(29(28)35)37-32(42-18-33-9-3-11-40(33)12-4-10-33)38-31(25)39-16-21-7-8-22(17-39)36-21/h2,5-6,13-15,21-22,36,41H,3-4,7-12,16-18H2,1H3/t21-,22+. The molecule has 5 heterocycles. The first-order valence-corrected chi connectivity index (χ1v) is 15.2. The summed E-state index contributed by atoms with van der Waals surface area (Å²) in [5, 5.41) is 15.9. The molecule has 0 saturated carbocycles. The van der Waals surface area contributed by atoms with E-state index in [0.29, 0.717) is 59.3 Å². The summed E-state index contributed by atoms with van der Waals surface area (Å²) < 4.78 is 39.2. The quantitative estimate of drug-likeness (QED) is 0.319. The highest BCUT2D eigenvalue weighted by Crippen LogP contribution is 2.42. The number of ether oxygens (including phenoxy) is 1. The summed E-state index contributed by atoms with van der Waals surface area (Å²) in [6.07, 6.45) is 6.58. The summed E-state index contributed by atoms with van der Waals surface area (Å²) in [6.45, 7) is 5.93. The summed E-state index contributed by atoms with van der Waals surface area (Å²) >= 11 is 0. The third-order valence-corrected chi connectivity index (χ3v) is 10.1. The van der Waals surface area contributed by atoms with Crippen molar-refractivity contribution < 1.29 is 18.6 Å². The second kappa shape index (κ2) is 9.74. The number of aromatic nitrogens is 2. The van der Waals surface area contributed by atoms with Crippen molar-refractivity contribution in [3.63, 3.8) is 0 Å². The number of anilines is 1. The van der Waals surface area contributed by atoms with Crippen molar-refractivity contribution in [3.05, 3.63) is 53.6 Å². The molecule has 1 aromatic heterocycles. The van der Waals surface area contributed by atoms with Crippen molar-refractivity contribution in [3.8, 4) is 22.9 Å². The number of hydrogen-bond donors (Lipinski definition) is 2. The zero-order valence-electron chi connectivity index (χ0n) is 23.8. The Bertz CT molecular complexity index is 1710. The van der Waals surface area contributed by atoms with Crippen molar-refractivity contribution in [2.45, 2.75) is 63.1 Å². The molecule has 2 atom stereocenters. The molecule has 4 aromatic rings. The number of hydrogen-bond acceptors (Lipinski definition) is 7. The highest BCUT2D eigenvalue weighted by molar-refractivity contribution is 6.03. The van der Waals surface area contributed by atoms with Crippen molar-refractivity contribution in [2.24, 2.45) is 0 Å². The number of nitrogens with one attached hydrogen (secondary N) is 1. The molecule has 7 nitrogen and oxygen atoms in total. The van der Waals surface area contributed by atoms with Gasteiger partial charge in [-0.15, -0.1) is 0 Å². The van der Waals surface area contributed by atoms with Gasteiger partial charge in [0.15, 0.2) is 5.82 Å². The van der Waals surface area contributed by atoms with Gasteiger partial charge in [0.1, 0.15) is 29.5 Å². The molecule has 4 aliphatic rings. The van der Waals surface area contributed by atoms with Crippen LogP contribution in [0.25, 0.3) is 32.8 Å². The molecular formula is C33H35F2N5O2. The number of fused-ring (bicyclic) bond motifs is 5. The van der Waals surface area contributed by atoms with Crippen molar-refractivity contribution >= 4 is 27.5 Å². The van der Waals surface area contributed by atoms with E-state index in [0.717, 1.165) is 57.2 Å². The first-order chi connectivity index (χ1) is 20.4. The van der Waals surface area contributed by atoms with Crippen molar-refractivity contribution in [2.75, 3.05) is 37.7 Å². The molecule has 0 spiro atoms. The highest BCUT2D eigenvalue weighted by atomic mass is 19.1. The Morgan fingerprint density at radius 1 is 1.05 bits per heavy atom. The van der Waals surface area contributed by atoms with Gasteiger partial charge in [-0.1, -0.05) is 18.2 Å². The summed E-state index contributed by atoms with van der Waals surface area (Å²) in [4.78, 5) is 14.1. The van der Waals surface area contributed by atoms with Gasteiger partial charge in [-0.3, -0.25) is 4.90 Å². The molecule has 3 aromatic carbocycles. The van der Waals surface area contributed by atoms with E-state index in [2.05, 4.69) is 20.1 Å². The van der Waals surface area contributed by atoms with Crippen LogP contribution in [0.5, 0.6) is 11.8 Å². The van der Waals surface area contributed by atoms with Gasteiger partial charge in [-0.2, -0.15) is 9.97 Å². The van der Waals surface area contributed by atoms with Gasteiger partial charge < -0.3 is 20.1 Å². The van der Waals surface area contributed by atoms with Gasteiger partial charge in [0.2, 0.25) is 0 Å². The van der Waals surface area contributed by atoms with Gasteiger partial charge in [-0.05, 0) is 98.6 Å². The van der Waals surface area contributed by atoms with Gasteiger partial charge in [0.25, 0.3) is 0 Å². The van der Waals surface area contributed by atoms with Crippen LogP contribution in [0.15, 0.2) is 36.4 Å². The summed E-state index contributed by atoms with van der Waals surface area (Å²) in [7, 11) is 0. The lowest BCUT2D eigenvalue weighted by Crippen LogP contribution is -2.51. The monoisotopic (exact) mass is 571 g/mol. The minimum Gasteiger partial charge on any atom is -0.508 e. The molecule has 2 N–H and O–H groups in total. The topological polar surface area (TPSA) is 73.8 Å². The zero-order chi connectivity index (χ0) is 28.6. The van der Waals surface area contributed by atoms with E-state index in [1.165, 1.54) is 12.1 Å². The minimum absolute atomic E-state index is 0.0167. The molecule has 0 unspecified atom stereocenters. The van der Waals surface area contributed by atoms with Crippen LogP contribution in [0.2, 0.25) is 0 Å². The van der Waals surface area contributed by atoms with Crippen LogP contribution >= 0.6 is 0 Å². The van der Waals surface area contributed by atoms with Crippen molar-refractivity contribution in [1.29, 1.82) is 0 Å². The molecule has 0 radical (unpaired) electrons. The Labute approximate surface area is 243 Å². The molecule has 8 rings (SSSR count). The molecule has 2 bridgehead atoms. The number of phenolic OH excluding ortho intramolecular Hbond substituents is 1. The predicted octanol–water partition coefficient (Wildman–Crippen LogP) is 5.69. The Morgan fingerprint density at radius 3 is 2.57 bits per heavy atom. The molecule has 4 saturated heterocycles. The molecule has 218 valence electrons. The number of aryl methyl sites for hydroxylation is 1. The van der Waals surface area contributed by atoms with Crippen LogP contribution in [0.3, 0.4) is 0 Å². The fourth-order valence-corrected chi connectivity index (χ4v) is 8.14. The fourth-order valence-electron chi connectivity index (χ4n) is 8.14. The van der Waals surface area contributed by atoms with E-state index < -0.39 is 11.6 Å².